The van der Waals surface area contributed by atoms with Gasteiger partial charge in [0.15, 0.2) is 0 Å². The Balaban J connectivity index is 2.59. The van der Waals surface area contributed by atoms with E-state index in [9.17, 15) is 5.11 Å². The highest BCUT2D eigenvalue weighted by Crippen LogP contribution is 2.18. The van der Waals surface area contributed by atoms with Crippen molar-refractivity contribution in [2.75, 3.05) is 0 Å². The molecule has 1 aromatic rings. The van der Waals surface area contributed by atoms with Crippen LogP contribution in [0.1, 0.15) is 6.92 Å². The fourth-order valence-electron chi connectivity index (χ4n) is 0.538. The summed E-state index contributed by atoms with van der Waals surface area (Å²) in [4.78, 5) is 8.36. The third-order valence-electron chi connectivity index (χ3n) is 0.839. The molecule has 1 unspecified atom stereocenters. The molecule has 0 aliphatic carbocycles. The van der Waals surface area contributed by atoms with E-state index in [4.69, 9.17) is 0 Å². The van der Waals surface area contributed by atoms with Crippen molar-refractivity contribution in [2.45, 2.75) is 17.3 Å². The van der Waals surface area contributed by atoms with Crippen molar-refractivity contribution >= 4 is 11.8 Å². The van der Waals surface area contributed by atoms with Crippen molar-refractivity contribution in [1.29, 1.82) is 0 Å². The summed E-state index contributed by atoms with van der Waals surface area (Å²) in [7, 11) is 0. The first-order valence-corrected chi connectivity index (χ1v) is 3.74. The van der Waals surface area contributed by atoms with Gasteiger partial charge in [0.2, 0.25) is 0 Å². The molecule has 0 aromatic carbocycles. The van der Waals surface area contributed by atoms with Gasteiger partial charge in [-0.1, -0.05) is 11.8 Å². The van der Waals surface area contributed by atoms with Crippen molar-refractivity contribution in [3.8, 4) is 0 Å². The molecule has 1 aromatic heterocycles. The van der Waals surface area contributed by atoms with E-state index in [0.717, 1.165) is 4.90 Å². The van der Waals surface area contributed by atoms with Gasteiger partial charge in [0.1, 0.15) is 11.8 Å². The molecular weight excluding hydrogens is 148 g/mol. The van der Waals surface area contributed by atoms with Crippen molar-refractivity contribution in [2.24, 2.45) is 0 Å². The number of aromatic nitrogens is 2. The molecule has 0 N–H and O–H groups in total. The van der Waals surface area contributed by atoms with Gasteiger partial charge in [0.25, 0.3) is 0 Å². The van der Waals surface area contributed by atoms with Gasteiger partial charge in [0, 0.05) is 17.3 Å². The molecule has 10 heavy (non-hydrogen) atoms. The Morgan fingerprint density at radius 3 is 2.60 bits per heavy atom. The maximum Gasteiger partial charge on any atom is 0.140 e. The molecule has 1 atom stereocenters. The van der Waals surface area contributed by atoms with Crippen LogP contribution in [0.15, 0.2) is 23.6 Å². The van der Waals surface area contributed by atoms with Crippen LogP contribution in [0.4, 0.5) is 0 Å². The van der Waals surface area contributed by atoms with Crippen molar-refractivity contribution in [3.05, 3.63) is 18.7 Å². The highest BCUT2D eigenvalue weighted by molar-refractivity contribution is 7.99. The molecule has 1 radical (unpaired) electrons. The molecule has 0 spiro atoms. The van der Waals surface area contributed by atoms with E-state index in [1.165, 1.54) is 18.1 Å². The summed E-state index contributed by atoms with van der Waals surface area (Å²) in [6, 6.07) is 0. The van der Waals surface area contributed by atoms with E-state index < -0.39 is 5.44 Å². The summed E-state index contributed by atoms with van der Waals surface area (Å²) in [5, 5.41) is 10.6. The normalized spacial score (nSPS) is 13.0. The largest absolute Gasteiger partial charge is 0.244 e. The monoisotopic (exact) mass is 155 g/mol. The molecule has 0 saturated carbocycles. The summed E-state index contributed by atoms with van der Waals surface area (Å²) in [5.74, 6) is 0. The summed E-state index contributed by atoms with van der Waals surface area (Å²) >= 11 is 1.22. The van der Waals surface area contributed by atoms with Gasteiger partial charge in [0.05, 0.1) is 0 Å². The summed E-state index contributed by atoms with van der Waals surface area (Å²) in [5.41, 5.74) is -0.647. The van der Waals surface area contributed by atoms with Gasteiger partial charge in [-0.15, -0.1) is 0 Å². The third kappa shape index (κ3) is 2.33. The molecule has 4 heteroatoms. The first-order chi connectivity index (χ1) is 4.79. The molecule has 53 valence electrons. The smallest absolute Gasteiger partial charge is 0.140 e. The van der Waals surface area contributed by atoms with Gasteiger partial charge in [-0.25, -0.2) is 15.1 Å². The lowest BCUT2D eigenvalue weighted by atomic mass is 10.7. The number of hydrogen-bond donors (Lipinski definition) is 0. The summed E-state index contributed by atoms with van der Waals surface area (Å²) in [6.07, 6.45) is 4.71. The highest BCUT2D eigenvalue weighted by Gasteiger charge is 1.99. The Morgan fingerprint density at radius 1 is 1.50 bits per heavy atom. The lowest BCUT2D eigenvalue weighted by molar-refractivity contribution is 0.181. The van der Waals surface area contributed by atoms with Crippen LogP contribution in [0.3, 0.4) is 0 Å². The van der Waals surface area contributed by atoms with E-state index in [1.54, 1.807) is 19.3 Å². The van der Waals surface area contributed by atoms with Crippen LogP contribution in [-0.2, 0) is 5.11 Å². The second-order valence-corrected chi connectivity index (χ2v) is 3.13. The van der Waals surface area contributed by atoms with E-state index in [0.29, 0.717) is 0 Å². The van der Waals surface area contributed by atoms with Crippen molar-refractivity contribution in [1.82, 2.24) is 9.97 Å². The van der Waals surface area contributed by atoms with E-state index in [2.05, 4.69) is 9.97 Å². The van der Waals surface area contributed by atoms with E-state index in [1.807, 2.05) is 0 Å². The van der Waals surface area contributed by atoms with Gasteiger partial charge >= 0.3 is 0 Å². The molecule has 0 aliphatic heterocycles. The van der Waals surface area contributed by atoms with E-state index >= 15 is 0 Å². The number of rotatable bonds is 2. The lowest BCUT2D eigenvalue weighted by Crippen LogP contribution is -1.89. The molecule has 1 heterocycles. The quantitative estimate of drug-likeness (QED) is 0.478. The van der Waals surface area contributed by atoms with Crippen LogP contribution in [-0.4, -0.2) is 15.4 Å². The Hall–Kier alpha value is -0.610. The van der Waals surface area contributed by atoms with Crippen LogP contribution in [0.25, 0.3) is 0 Å². The summed E-state index contributed by atoms with van der Waals surface area (Å²) in [6.45, 7) is 1.59. The van der Waals surface area contributed by atoms with Crippen LogP contribution in [0, 0.1) is 0 Å². The van der Waals surface area contributed by atoms with Gasteiger partial charge in [-0.3, -0.25) is 0 Å². The molecular formula is C6H7N2OS. The number of nitrogens with zero attached hydrogens (tertiary/aromatic N) is 2. The topological polar surface area (TPSA) is 45.7 Å². The van der Waals surface area contributed by atoms with E-state index in [-0.39, 0.29) is 0 Å². The fraction of sp³-hybridized carbons (Fsp3) is 0.333. The van der Waals surface area contributed by atoms with Crippen LogP contribution in [0.5, 0.6) is 0 Å². The maximum atomic E-state index is 10.6. The van der Waals surface area contributed by atoms with Crippen LogP contribution >= 0.6 is 11.8 Å². The zero-order valence-corrected chi connectivity index (χ0v) is 6.34. The second-order valence-electron chi connectivity index (χ2n) is 1.76. The maximum absolute atomic E-state index is 10.6. The number of hydrogen-bond acceptors (Lipinski definition) is 3. The Bertz CT molecular complexity index is 190. The molecule has 0 bridgehead atoms. The Kier molecular flexibility index (Phi) is 2.65. The Labute approximate surface area is 63.5 Å². The minimum Gasteiger partial charge on any atom is -0.244 e. The molecule has 0 amide bonds. The lowest BCUT2D eigenvalue weighted by Gasteiger charge is -1.98. The van der Waals surface area contributed by atoms with Gasteiger partial charge in [-0.05, 0) is 6.92 Å². The minimum absolute atomic E-state index is 0.647. The fourth-order valence-corrected chi connectivity index (χ4v) is 1.16. The summed E-state index contributed by atoms with van der Waals surface area (Å²) < 4.78 is 0. The highest BCUT2D eigenvalue weighted by atomic mass is 32.2. The molecule has 0 fully saturated rings. The molecule has 0 saturated heterocycles. The van der Waals surface area contributed by atoms with Crippen molar-refractivity contribution < 1.29 is 5.11 Å². The third-order valence-corrected chi connectivity index (χ3v) is 1.65. The molecule has 1 rings (SSSR count). The van der Waals surface area contributed by atoms with Crippen LogP contribution in [0.2, 0.25) is 0 Å². The molecule has 3 nitrogen and oxygen atoms in total. The SMILES string of the molecule is CC([O])Sc1cncnc1. The first kappa shape index (κ1) is 7.50. The molecule has 0 aliphatic rings. The Morgan fingerprint density at radius 2 is 2.10 bits per heavy atom. The second kappa shape index (κ2) is 3.53. The predicted molar refractivity (Wildman–Crippen MR) is 38.0 cm³/mol. The standard InChI is InChI=1S/C6H7N2OS/c1-5(9)10-6-2-7-4-8-3-6/h2-5H,1H3. The van der Waals surface area contributed by atoms with Crippen molar-refractivity contribution in [3.63, 3.8) is 0 Å². The minimum atomic E-state index is -0.647. The number of thioether (sulfide) groups is 1. The average molecular weight is 155 g/mol. The predicted octanol–water partition coefficient (Wildman–Crippen LogP) is 1.35. The van der Waals surface area contributed by atoms with Gasteiger partial charge in [-0.2, -0.15) is 0 Å². The average Bonchev–Trinajstić information content (AvgIpc) is 1.88. The zero-order chi connectivity index (χ0) is 7.40. The van der Waals surface area contributed by atoms with Gasteiger partial charge < -0.3 is 0 Å². The first-order valence-electron chi connectivity index (χ1n) is 2.86. The zero-order valence-electron chi connectivity index (χ0n) is 5.52. The van der Waals surface area contributed by atoms with Crippen LogP contribution < -0.4 is 0 Å².